The van der Waals surface area contributed by atoms with Gasteiger partial charge in [0, 0.05) is 29.7 Å². The van der Waals surface area contributed by atoms with Crippen molar-refractivity contribution >= 4 is 46.3 Å². The fourth-order valence-electron chi connectivity index (χ4n) is 4.24. The number of para-hydroxylation sites is 2. The lowest BCUT2D eigenvalue weighted by Crippen LogP contribution is -2.43. The van der Waals surface area contributed by atoms with E-state index < -0.39 is 5.60 Å². The van der Waals surface area contributed by atoms with Crippen LogP contribution >= 0.6 is 23.2 Å². The van der Waals surface area contributed by atoms with E-state index in [0.29, 0.717) is 29.1 Å². The number of hydrogen-bond donors (Lipinski definition) is 1. The van der Waals surface area contributed by atoms with Gasteiger partial charge in [0.2, 0.25) is 5.95 Å². The molecule has 1 aliphatic heterocycles. The number of rotatable bonds is 5. The number of halogens is 2. The van der Waals surface area contributed by atoms with Gasteiger partial charge in [-0.2, -0.15) is 0 Å². The molecule has 1 fully saturated rings. The Labute approximate surface area is 204 Å². The van der Waals surface area contributed by atoms with E-state index in [2.05, 4.69) is 20.9 Å². The highest BCUT2D eigenvalue weighted by atomic mass is 35.5. The number of anilines is 1. The maximum atomic E-state index is 12.1. The van der Waals surface area contributed by atoms with Crippen molar-refractivity contribution in [1.29, 1.82) is 0 Å². The third kappa shape index (κ3) is 5.92. The van der Waals surface area contributed by atoms with Crippen molar-refractivity contribution in [3.63, 3.8) is 0 Å². The predicted molar refractivity (Wildman–Crippen MR) is 134 cm³/mol. The van der Waals surface area contributed by atoms with Gasteiger partial charge in [0.25, 0.3) is 0 Å². The van der Waals surface area contributed by atoms with Crippen LogP contribution in [0.1, 0.15) is 39.2 Å². The Morgan fingerprint density at radius 3 is 2.76 bits per heavy atom. The molecule has 0 saturated carbocycles. The molecule has 6 nitrogen and oxygen atoms in total. The summed E-state index contributed by atoms with van der Waals surface area (Å²) >= 11 is 12.6. The number of amides is 1. The first-order chi connectivity index (χ1) is 15.7. The molecule has 3 aromatic rings. The fourth-order valence-corrected chi connectivity index (χ4v) is 4.70. The minimum Gasteiger partial charge on any atom is -0.444 e. The zero-order chi connectivity index (χ0) is 23.6. The van der Waals surface area contributed by atoms with E-state index in [1.165, 1.54) is 0 Å². The van der Waals surface area contributed by atoms with Gasteiger partial charge < -0.3 is 19.5 Å². The Morgan fingerprint density at radius 2 is 2.00 bits per heavy atom. The Balaban J connectivity index is 1.55. The van der Waals surface area contributed by atoms with Crippen molar-refractivity contribution in [3.05, 3.63) is 58.1 Å². The second kappa shape index (κ2) is 9.82. The Kier molecular flexibility index (Phi) is 7.05. The Hall–Kier alpha value is -2.44. The van der Waals surface area contributed by atoms with Gasteiger partial charge in [0.15, 0.2) is 0 Å². The molecule has 176 valence electrons. The summed E-state index contributed by atoms with van der Waals surface area (Å²) in [6.07, 6.45) is 1.71. The number of carbonyl (C=O) groups excluding carboxylic acids is 1. The Morgan fingerprint density at radius 1 is 1.21 bits per heavy atom. The minimum absolute atomic E-state index is 0.318. The molecule has 0 spiro atoms. The maximum Gasteiger partial charge on any atom is 0.407 e. The molecule has 0 bridgehead atoms. The summed E-state index contributed by atoms with van der Waals surface area (Å²) in [6.45, 7) is 8.51. The standard InChI is InChI=1S/C25H30Cl2N4O2/c1-25(2,3)33-24(32)28-14-17-7-6-12-30(15-17)23-29-21-8-4-5-9-22(21)31(23)16-18-10-11-19(26)13-20(18)27/h4-5,8-11,13,17H,6-7,12,14-16H2,1-3H3,(H,28,32)/t17-/m1/s1. The first-order valence-electron chi connectivity index (χ1n) is 11.3. The van der Waals surface area contributed by atoms with E-state index in [1.807, 2.05) is 51.1 Å². The zero-order valence-corrected chi connectivity index (χ0v) is 20.8. The molecular weight excluding hydrogens is 459 g/mol. The van der Waals surface area contributed by atoms with Gasteiger partial charge in [0.05, 0.1) is 17.6 Å². The third-order valence-electron chi connectivity index (χ3n) is 5.71. The lowest BCUT2D eigenvalue weighted by atomic mass is 9.98. The number of nitrogens with one attached hydrogen (secondary N) is 1. The van der Waals surface area contributed by atoms with Gasteiger partial charge in [-0.05, 0) is 69.4 Å². The maximum absolute atomic E-state index is 12.1. The SMILES string of the molecule is CC(C)(C)OC(=O)NC[C@H]1CCCN(c2nc3ccccc3n2Cc2ccc(Cl)cc2Cl)C1. The van der Waals surface area contributed by atoms with Gasteiger partial charge in [-0.1, -0.05) is 41.4 Å². The number of fused-ring (bicyclic) bond motifs is 1. The molecular formula is C25H30Cl2N4O2. The molecule has 2 heterocycles. The molecule has 8 heteroatoms. The second-order valence-electron chi connectivity index (χ2n) is 9.56. The summed E-state index contributed by atoms with van der Waals surface area (Å²) in [4.78, 5) is 19.4. The van der Waals surface area contributed by atoms with Crippen molar-refractivity contribution in [2.75, 3.05) is 24.5 Å². The largest absolute Gasteiger partial charge is 0.444 e. The highest BCUT2D eigenvalue weighted by Gasteiger charge is 2.26. The van der Waals surface area contributed by atoms with E-state index in [1.54, 1.807) is 6.07 Å². The average molecular weight is 489 g/mol. The molecule has 1 atom stereocenters. The van der Waals surface area contributed by atoms with Crippen LogP contribution in [-0.2, 0) is 11.3 Å². The van der Waals surface area contributed by atoms with Gasteiger partial charge >= 0.3 is 6.09 Å². The number of benzene rings is 2. The van der Waals surface area contributed by atoms with Crippen LogP contribution in [0.4, 0.5) is 10.7 Å². The van der Waals surface area contributed by atoms with E-state index in [4.69, 9.17) is 32.9 Å². The van der Waals surface area contributed by atoms with Crippen molar-refractivity contribution in [3.8, 4) is 0 Å². The average Bonchev–Trinajstić information content (AvgIpc) is 3.12. The van der Waals surface area contributed by atoms with Crippen LogP contribution in [0.3, 0.4) is 0 Å². The Bertz CT molecular complexity index is 1140. The van der Waals surface area contributed by atoms with Gasteiger partial charge in [-0.3, -0.25) is 0 Å². The molecule has 1 amide bonds. The van der Waals surface area contributed by atoms with Crippen molar-refractivity contribution in [2.45, 2.75) is 45.8 Å². The molecule has 33 heavy (non-hydrogen) atoms. The van der Waals surface area contributed by atoms with Crippen LogP contribution in [0.2, 0.25) is 10.0 Å². The normalized spacial score (nSPS) is 16.8. The number of ether oxygens (including phenoxy) is 1. The lowest BCUT2D eigenvalue weighted by Gasteiger charge is -2.34. The van der Waals surface area contributed by atoms with Crippen LogP contribution in [-0.4, -0.2) is 40.9 Å². The number of carbonyl (C=O) groups is 1. The fraction of sp³-hybridized carbons (Fsp3) is 0.440. The van der Waals surface area contributed by atoms with Crippen molar-refractivity contribution < 1.29 is 9.53 Å². The summed E-state index contributed by atoms with van der Waals surface area (Å²) in [6, 6.07) is 13.7. The molecule has 4 rings (SSSR count). The predicted octanol–water partition coefficient (Wildman–Crippen LogP) is 6.13. The van der Waals surface area contributed by atoms with Crippen LogP contribution < -0.4 is 10.2 Å². The molecule has 1 N–H and O–H groups in total. The van der Waals surface area contributed by atoms with Crippen LogP contribution in [0, 0.1) is 5.92 Å². The summed E-state index contributed by atoms with van der Waals surface area (Å²) in [5.41, 5.74) is 2.50. The number of piperidine rings is 1. The molecule has 0 aliphatic carbocycles. The zero-order valence-electron chi connectivity index (χ0n) is 19.3. The van der Waals surface area contributed by atoms with E-state index in [-0.39, 0.29) is 6.09 Å². The van der Waals surface area contributed by atoms with Crippen LogP contribution in [0.5, 0.6) is 0 Å². The van der Waals surface area contributed by atoms with E-state index in [9.17, 15) is 4.79 Å². The number of hydrogen-bond acceptors (Lipinski definition) is 4. The number of aromatic nitrogens is 2. The van der Waals surface area contributed by atoms with Crippen molar-refractivity contribution in [2.24, 2.45) is 5.92 Å². The number of imidazole rings is 1. The summed E-state index contributed by atoms with van der Waals surface area (Å²) < 4.78 is 7.60. The summed E-state index contributed by atoms with van der Waals surface area (Å²) in [7, 11) is 0. The molecule has 1 saturated heterocycles. The van der Waals surface area contributed by atoms with Crippen molar-refractivity contribution in [1.82, 2.24) is 14.9 Å². The molecule has 2 aromatic carbocycles. The van der Waals surface area contributed by atoms with Gasteiger partial charge in [-0.15, -0.1) is 0 Å². The van der Waals surface area contributed by atoms with Gasteiger partial charge in [0.1, 0.15) is 5.60 Å². The monoisotopic (exact) mass is 488 g/mol. The highest BCUT2D eigenvalue weighted by Crippen LogP contribution is 2.30. The second-order valence-corrected chi connectivity index (χ2v) is 10.4. The first kappa shape index (κ1) is 23.7. The minimum atomic E-state index is -0.503. The molecule has 0 radical (unpaired) electrons. The van der Waals surface area contributed by atoms with Crippen LogP contribution in [0.25, 0.3) is 11.0 Å². The van der Waals surface area contributed by atoms with E-state index >= 15 is 0 Å². The molecule has 1 aromatic heterocycles. The quantitative estimate of drug-likeness (QED) is 0.468. The van der Waals surface area contributed by atoms with E-state index in [0.717, 1.165) is 48.5 Å². The van der Waals surface area contributed by atoms with Crippen LogP contribution in [0.15, 0.2) is 42.5 Å². The lowest BCUT2D eigenvalue weighted by molar-refractivity contribution is 0.0517. The number of nitrogens with zero attached hydrogens (tertiary/aromatic N) is 3. The molecule has 0 unspecified atom stereocenters. The first-order valence-corrected chi connectivity index (χ1v) is 12.1. The highest BCUT2D eigenvalue weighted by molar-refractivity contribution is 6.35. The third-order valence-corrected chi connectivity index (χ3v) is 6.30. The topological polar surface area (TPSA) is 59.4 Å². The summed E-state index contributed by atoms with van der Waals surface area (Å²) in [5, 5.41) is 4.19. The smallest absolute Gasteiger partial charge is 0.407 e. The summed E-state index contributed by atoms with van der Waals surface area (Å²) in [5.74, 6) is 1.24. The molecule has 1 aliphatic rings. The number of alkyl carbamates (subject to hydrolysis) is 1. The van der Waals surface area contributed by atoms with Gasteiger partial charge in [-0.25, -0.2) is 9.78 Å².